The average molecular weight is 314 g/mol. The van der Waals surface area contributed by atoms with E-state index in [2.05, 4.69) is 10.3 Å². The Morgan fingerprint density at radius 1 is 1.39 bits per heavy atom. The van der Waals surface area contributed by atoms with Crippen molar-refractivity contribution in [2.75, 3.05) is 19.7 Å². The number of aryl methyl sites for hydroxylation is 1. The fourth-order valence-electron chi connectivity index (χ4n) is 2.55. The molecule has 3 rings (SSSR count). The number of imidazole rings is 1. The van der Waals surface area contributed by atoms with Crippen LogP contribution in [0.15, 0.2) is 42.7 Å². The first-order valence-electron chi connectivity index (χ1n) is 7.38. The highest BCUT2D eigenvalue weighted by molar-refractivity contribution is 5.83. The maximum atomic E-state index is 12.3. The van der Waals surface area contributed by atoms with Crippen molar-refractivity contribution in [3.8, 4) is 0 Å². The van der Waals surface area contributed by atoms with Crippen LogP contribution in [-0.2, 0) is 16.6 Å². The largest absolute Gasteiger partial charge is 0.448 e. The number of nitrogens with zero attached hydrogens (tertiary/aromatic N) is 3. The molecule has 23 heavy (non-hydrogen) atoms. The van der Waals surface area contributed by atoms with Gasteiger partial charge in [0.25, 0.3) is 0 Å². The quantitative estimate of drug-likeness (QED) is 0.896. The standard InChI is InChI=1S/C16H18N4O3/c1-19-8-7-17-15(19)14(12-5-3-2-4-6-12)18-13(21)11-20-9-10-23-16(20)22/h2-8,14H,9-11H2,1H3,(H,18,21). The average Bonchev–Trinajstić information content (AvgIpc) is 3.15. The number of ether oxygens (including phenoxy) is 1. The molecule has 1 N–H and O–H groups in total. The fraction of sp³-hybridized carbons (Fsp3) is 0.312. The topological polar surface area (TPSA) is 76.5 Å². The molecule has 1 saturated heterocycles. The van der Waals surface area contributed by atoms with E-state index in [0.29, 0.717) is 13.2 Å². The summed E-state index contributed by atoms with van der Waals surface area (Å²) in [6.45, 7) is 0.741. The zero-order valence-electron chi connectivity index (χ0n) is 12.8. The number of amides is 2. The van der Waals surface area contributed by atoms with Crippen molar-refractivity contribution in [3.63, 3.8) is 0 Å². The van der Waals surface area contributed by atoms with E-state index in [1.54, 1.807) is 6.20 Å². The van der Waals surface area contributed by atoms with Crippen molar-refractivity contribution in [1.29, 1.82) is 0 Å². The van der Waals surface area contributed by atoms with Crippen LogP contribution in [0.25, 0.3) is 0 Å². The van der Waals surface area contributed by atoms with Crippen molar-refractivity contribution in [1.82, 2.24) is 19.8 Å². The Bertz CT molecular complexity index is 698. The van der Waals surface area contributed by atoms with Crippen LogP contribution in [0.5, 0.6) is 0 Å². The van der Waals surface area contributed by atoms with Gasteiger partial charge >= 0.3 is 6.09 Å². The SMILES string of the molecule is Cn1ccnc1C(NC(=O)CN1CCOC1=O)c1ccccc1. The summed E-state index contributed by atoms with van der Waals surface area (Å²) < 4.78 is 6.70. The van der Waals surface area contributed by atoms with Crippen molar-refractivity contribution >= 4 is 12.0 Å². The van der Waals surface area contributed by atoms with E-state index in [9.17, 15) is 9.59 Å². The van der Waals surface area contributed by atoms with Crippen molar-refractivity contribution in [3.05, 3.63) is 54.1 Å². The molecule has 0 bridgehead atoms. The summed E-state index contributed by atoms with van der Waals surface area (Å²) in [6.07, 6.45) is 3.07. The van der Waals surface area contributed by atoms with Crippen LogP contribution in [0.2, 0.25) is 0 Å². The van der Waals surface area contributed by atoms with E-state index in [0.717, 1.165) is 11.4 Å². The zero-order chi connectivity index (χ0) is 16.2. The van der Waals surface area contributed by atoms with Gasteiger partial charge in [0.05, 0.1) is 6.54 Å². The molecular weight excluding hydrogens is 296 g/mol. The van der Waals surface area contributed by atoms with E-state index in [-0.39, 0.29) is 18.5 Å². The number of aromatic nitrogens is 2. The number of hydrogen-bond acceptors (Lipinski definition) is 4. The minimum Gasteiger partial charge on any atom is -0.448 e. The lowest BCUT2D eigenvalue weighted by molar-refractivity contribution is -0.122. The number of hydrogen-bond donors (Lipinski definition) is 1. The first-order valence-corrected chi connectivity index (χ1v) is 7.38. The number of rotatable bonds is 5. The van der Waals surface area contributed by atoms with Gasteiger partial charge in [-0.15, -0.1) is 0 Å². The third kappa shape index (κ3) is 3.33. The van der Waals surface area contributed by atoms with Gasteiger partial charge in [0.1, 0.15) is 25.0 Å². The van der Waals surface area contributed by atoms with Gasteiger partial charge in [-0.3, -0.25) is 9.69 Å². The second kappa shape index (κ2) is 6.51. The summed E-state index contributed by atoms with van der Waals surface area (Å²) in [5, 5.41) is 2.95. The Morgan fingerprint density at radius 2 is 2.17 bits per heavy atom. The molecular formula is C16H18N4O3. The molecule has 2 heterocycles. The van der Waals surface area contributed by atoms with Gasteiger partial charge in [0.2, 0.25) is 5.91 Å². The number of cyclic esters (lactones) is 1. The molecule has 7 heteroatoms. The molecule has 1 atom stereocenters. The maximum absolute atomic E-state index is 12.3. The summed E-state index contributed by atoms with van der Waals surface area (Å²) >= 11 is 0. The van der Waals surface area contributed by atoms with Gasteiger partial charge in [-0.25, -0.2) is 9.78 Å². The van der Waals surface area contributed by atoms with E-state index in [1.165, 1.54) is 4.90 Å². The molecule has 1 aliphatic heterocycles. The number of benzene rings is 1. The van der Waals surface area contributed by atoms with Gasteiger partial charge in [-0.05, 0) is 5.56 Å². The third-order valence-electron chi connectivity index (χ3n) is 3.73. The van der Waals surface area contributed by atoms with Gasteiger partial charge in [-0.1, -0.05) is 30.3 Å². The molecule has 120 valence electrons. The monoisotopic (exact) mass is 314 g/mol. The summed E-state index contributed by atoms with van der Waals surface area (Å²) in [5.74, 6) is 0.481. The van der Waals surface area contributed by atoms with Gasteiger partial charge in [0.15, 0.2) is 0 Å². The van der Waals surface area contributed by atoms with Gasteiger partial charge < -0.3 is 14.6 Å². The van der Waals surface area contributed by atoms with Gasteiger partial charge in [-0.2, -0.15) is 0 Å². The molecule has 1 aromatic heterocycles. The molecule has 1 aliphatic rings. The molecule has 0 aliphatic carbocycles. The van der Waals surface area contributed by atoms with Crippen LogP contribution >= 0.6 is 0 Å². The molecule has 1 fully saturated rings. The fourth-order valence-corrected chi connectivity index (χ4v) is 2.55. The molecule has 2 aromatic rings. The molecule has 0 spiro atoms. The van der Waals surface area contributed by atoms with Crippen LogP contribution in [0, 0.1) is 0 Å². The minimum atomic E-state index is -0.451. The first-order chi connectivity index (χ1) is 11.1. The first kappa shape index (κ1) is 15.1. The lowest BCUT2D eigenvalue weighted by atomic mass is 10.1. The Morgan fingerprint density at radius 3 is 2.78 bits per heavy atom. The lowest BCUT2D eigenvalue weighted by Gasteiger charge is -2.20. The summed E-state index contributed by atoms with van der Waals surface area (Å²) in [4.78, 5) is 29.5. The minimum absolute atomic E-state index is 0.0212. The van der Waals surface area contributed by atoms with Crippen LogP contribution in [0.4, 0.5) is 4.79 Å². The Balaban J connectivity index is 1.78. The highest BCUT2D eigenvalue weighted by atomic mass is 16.6. The van der Waals surface area contributed by atoms with Crippen molar-refractivity contribution < 1.29 is 14.3 Å². The predicted octanol–water partition coefficient (Wildman–Crippen LogP) is 1.08. The number of carbonyl (C=O) groups is 2. The molecule has 7 nitrogen and oxygen atoms in total. The Labute approximate surface area is 133 Å². The third-order valence-corrected chi connectivity index (χ3v) is 3.73. The van der Waals surface area contributed by atoms with E-state index in [1.807, 2.05) is 48.1 Å². The molecule has 2 amide bonds. The molecule has 0 radical (unpaired) electrons. The second-order valence-corrected chi connectivity index (χ2v) is 5.34. The molecule has 1 aromatic carbocycles. The predicted molar refractivity (Wildman–Crippen MR) is 82.6 cm³/mol. The lowest BCUT2D eigenvalue weighted by Crippen LogP contribution is -2.40. The molecule has 0 saturated carbocycles. The normalized spacial score (nSPS) is 15.3. The van der Waals surface area contributed by atoms with Crippen molar-refractivity contribution in [2.24, 2.45) is 7.05 Å². The van der Waals surface area contributed by atoms with Gasteiger partial charge in [0, 0.05) is 19.4 Å². The zero-order valence-corrected chi connectivity index (χ0v) is 12.8. The summed E-state index contributed by atoms with van der Waals surface area (Å²) in [5.41, 5.74) is 0.930. The number of carbonyl (C=O) groups excluding carboxylic acids is 2. The smallest absolute Gasteiger partial charge is 0.410 e. The van der Waals surface area contributed by atoms with E-state index < -0.39 is 6.09 Å². The second-order valence-electron chi connectivity index (χ2n) is 5.34. The van der Waals surface area contributed by atoms with Crippen LogP contribution in [-0.4, -0.2) is 46.1 Å². The Hall–Kier alpha value is -2.83. The Kier molecular flexibility index (Phi) is 4.27. The maximum Gasteiger partial charge on any atom is 0.410 e. The summed E-state index contributed by atoms with van der Waals surface area (Å²) in [6, 6.07) is 9.24. The summed E-state index contributed by atoms with van der Waals surface area (Å²) in [7, 11) is 1.88. The number of nitrogens with one attached hydrogen (secondary N) is 1. The van der Waals surface area contributed by atoms with E-state index >= 15 is 0 Å². The van der Waals surface area contributed by atoms with E-state index in [4.69, 9.17) is 4.74 Å². The van der Waals surface area contributed by atoms with Crippen molar-refractivity contribution in [2.45, 2.75) is 6.04 Å². The highest BCUT2D eigenvalue weighted by Gasteiger charge is 2.26. The van der Waals surface area contributed by atoms with Crippen LogP contribution in [0.1, 0.15) is 17.4 Å². The molecule has 1 unspecified atom stereocenters. The van der Waals surface area contributed by atoms with Crippen LogP contribution in [0.3, 0.4) is 0 Å². The highest BCUT2D eigenvalue weighted by Crippen LogP contribution is 2.20. The van der Waals surface area contributed by atoms with Crippen LogP contribution < -0.4 is 5.32 Å².